The van der Waals surface area contributed by atoms with Crippen LogP contribution in [0, 0.1) is 5.41 Å². The highest BCUT2D eigenvalue weighted by Crippen LogP contribution is 2.44. The van der Waals surface area contributed by atoms with Crippen molar-refractivity contribution in [3.8, 4) is 11.5 Å². The minimum atomic E-state index is -4.14. The Hall–Kier alpha value is -7.94. The van der Waals surface area contributed by atoms with Gasteiger partial charge in [0.25, 0.3) is 0 Å². The molecule has 552 valence electrons. The van der Waals surface area contributed by atoms with Crippen LogP contribution in [0.2, 0.25) is 0 Å². The number of nitrogens with one attached hydrogen (secondary N) is 2. The Bertz CT molecular complexity index is 3480. The molecule has 0 bridgehead atoms. The zero-order valence-corrected chi connectivity index (χ0v) is 60.1. The van der Waals surface area contributed by atoms with Crippen LogP contribution in [0.1, 0.15) is 52.7 Å². The fourth-order valence-corrected chi connectivity index (χ4v) is 17.3. The number of rotatable bonds is 32. The van der Waals surface area contributed by atoms with E-state index >= 15 is 0 Å². The SMILES string of the molecule is CC(C)(COCCOCCOC(=O)N1CCN(C(=O)Oc2ccc(C[C@H](NC(=O)[C@H]3N(S(=O)(=O)c4cccnc4)CSC3(C)C)C(=O)O)cc2)CC1)COCCOCCOC(=O)N1CCN(C(=O)Oc2ccc(C[C@H](NC(=O)[C@H]3N(S(=O)(=O)c4cccnc4)CSC3(C)C)C(=O)O)cc2)CC1. The van der Waals surface area contributed by atoms with E-state index in [1.165, 1.54) is 116 Å². The lowest BCUT2D eigenvalue weighted by atomic mass is 9.96. The van der Waals surface area contributed by atoms with Crippen molar-refractivity contribution in [1.29, 1.82) is 0 Å². The van der Waals surface area contributed by atoms with Gasteiger partial charge in [0, 0.05) is 105 Å². The van der Waals surface area contributed by atoms with Crippen LogP contribution < -0.4 is 20.1 Å². The first-order valence-corrected chi connectivity index (χ1v) is 37.2. The van der Waals surface area contributed by atoms with Crippen LogP contribution in [0.3, 0.4) is 0 Å². The Morgan fingerprint density at radius 3 is 1.16 bits per heavy atom. The summed E-state index contributed by atoms with van der Waals surface area (Å²) < 4.78 is 99.0. The summed E-state index contributed by atoms with van der Waals surface area (Å²) in [6.45, 7) is 14.4. The number of hydrogen-bond acceptors (Lipinski definition) is 24. The van der Waals surface area contributed by atoms with Gasteiger partial charge in [0.05, 0.1) is 64.6 Å². The molecule has 0 unspecified atom stereocenters. The topological polar surface area (TPSA) is 388 Å². The highest BCUT2D eigenvalue weighted by Gasteiger charge is 2.53. The lowest BCUT2D eigenvalue weighted by molar-refractivity contribution is -0.142. The average Bonchev–Trinajstić information content (AvgIpc) is 1.64. The molecule has 2 aromatic heterocycles. The standard InChI is InChI=1S/C65H86N10O22S4/c1-63(2,41-92-31-29-90-33-35-94-59(82)70-21-25-72(26-22-70)61(84)96-47-15-11-45(12-16-47)37-51(57(78)79)68-55(76)53-64(3,4)98-43-74(53)100(86,87)49-9-7-19-66-39-49)42-93-32-30-91-34-36-95-60(83)71-23-27-73(28-24-71)62(85)97-48-17-13-46(14-18-48)38-52(58(80)81)69-56(77)54-65(5,6)99-44-75(54)101(88,89)50-10-8-20-67-40-50/h7-20,39-40,51-54H,21-38,41-44H2,1-6H3,(H,68,76)(H,69,77)(H,78,79)(H,80,81)/t51-,52-,53+,54+/m0/s1. The molecule has 0 aliphatic carbocycles. The quantitative estimate of drug-likeness (QED) is 0.0500. The van der Waals surface area contributed by atoms with Crippen molar-refractivity contribution in [3.63, 3.8) is 0 Å². The number of carbonyl (C=O) groups excluding carboxylic acids is 6. The number of piperazine rings is 2. The summed E-state index contributed by atoms with van der Waals surface area (Å²) >= 11 is 2.51. The zero-order valence-electron chi connectivity index (χ0n) is 56.9. The number of pyridine rings is 2. The van der Waals surface area contributed by atoms with Gasteiger partial charge in [-0.05, 0) is 87.4 Å². The molecule has 4 atom stereocenters. The van der Waals surface area contributed by atoms with Gasteiger partial charge in [-0.1, -0.05) is 38.1 Å². The maximum atomic E-state index is 13.7. The Morgan fingerprint density at radius 1 is 0.505 bits per heavy atom. The molecule has 0 saturated carbocycles. The third kappa shape index (κ3) is 22.0. The van der Waals surface area contributed by atoms with Crippen molar-refractivity contribution in [3.05, 3.63) is 109 Å². The molecule has 6 heterocycles. The summed E-state index contributed by atoms with van der Waals surface area (Å²) in [5.41, 5.74) is 0.658. The van der Waals surface area contributed by atoms with E-state index in [0.29, 0.717) is 24.3 Å². The Labute approximate surface area is 594 Å². The second kappa shape index (κ2) is 35.8. The van der Waals surface area contributed by atoms with Crippen molar-refractivity contribution in [2.45, 2.75) is 97.8 Å². The lowest BCUT2D eigenvalue weighted by Crippen LogP contribution is -2.56. The Morgan fingerprint density at radius 2 is 0.832 bits per heavy atom. The Balaban J connectivity index is 0.611. The van der Waals surface area contributed by atoms with Crippen molar-refractivity contribution in [1.82, 2.24) is 48.8 Å². The van der Waals surface area contributed by atoms with E-state index in [-0.39, 0.29) is 157 Å². The number of thioether (sulfide) groups is 2. The minimum absolute atomic E-state index is 0.000512. The zero-order chi connectivity index (χ0) is 73.1. The maximum absolute atomic E-state index is 13.7. The van der Waals surface area contributed by atoms with Gasteiger partial charge in [-0.3, -0.25) is 19.6 Å². The summed E-state index contributed by atoms with van der Waals surface area (Å²) in [5.74, 6) is -3.85. The van der Waals surface area contributed by atoms with Crippen LogP contribution in [-0.4, -0.2) is 277 Å². The minimum Gasteiger partial charge on any atom is -0.480 e. The number of carboxylic acid groups (broad SMARTS) is 2. The molecule has 4 fully saturated rings. The van der Waals surface area contributed by atoms with E-state index in [1.807, 2.05) is 13.8 Å². The van der Waals surface area contributed by atoms with Gasteiger partial charge in [0.2, 0.25) is 31.9 Å². The average molecular weight is 1490 g/mol. The van der Waals surface area contributed by atoms with E-state index in [2.05, 4.69) is 20.6 Å². The van der Waals surface area contributed by atoms with Crippen LogP contribution >= 0.6 is 23.5 Å². The third-order valence-electron chi connectivity index (χ3n) is 16.6. The second-order valence-corrected chi connectivity index (χ2v) is 32.6. The normalized spacial score (nSPS) is 18.6. The number of nitrogens with zero attached hydrogens (tertiary/aromatic N) is 8. The molecule has 4 N–H and O–H groups in total. The number of aromatic nitrogens is 2. The van der Waals surface area contributed by atoms with Gasteiger partial charge in [-0.15, -0.1) is 23.5 Å². The van der Waals surface area contributed by atoms with Gasteiger partial charge in [-0.25, -0.2) is 45.6 Å². The van der Waals surface area contributed by atoms with Crippen molar-refractivity contribution in [2.24, 2.45) is 5.41 Å². The summed E-state index contributed by atoms with van der Waals surface area (Å²) in [6, 6.07) is 12.6. The molecule has 4 aliphatic heterocycles. The molecule has 6 amide bonds. The molecule has 36 heteroatoms. The summed E-state index contributed by atoms with van der Waals surface area (Å²) in [4.78, 5) is 117. The fourth-order valence-electron chi connectivity index (χ4n) is 11.0. The molecule has 0 radical (unpaired) electrons. The van der Waals surface area contributed by atoms with Gasteiger partial charge in [0.15, 0.2) is 0 Å². The van der Waals surface area contributed by atoms with E-state index in [4.69, 9.17) is 37.9 Å². The summed E-state index contributed by atoms with van der Waals surface area (Å²) in [5, 5.41) is 25.2. The molecule has 2 aromatic carbocycles. The van der Waals surface area contributed by atoms with E-state index < -0.39 is 102 Å². The molecular weight excluding hydrogens is 1400 g/mol. The van der Waals surface area contributed by atoms with Crippen molar-refractivity contribution in [2.75, 3.05) is 130 Å². The molecule has 4 aromatic rings. The molecule has 0 spiro atoms. The highest BCUT2D eigenvalue weighted by molar-refractivity contribution is 8.02. The second-order valence-electron chi connectivity index (χ2n) is 25.6. The highest BCUT2D eigenvalue weighted by atomic mass is 32.2. The monoisotopic (exact) mass is 1490 g/mol. The van der Waals surface area contributed by atoms with Crippen LogP contribution in [0.4, 0.5) is 19.2 Å². The third-order valence-corrected chi connectivity index (χ3v) is 23.3. The predicted octanol–water partition coefficient (Wildman–Crippen LogP) is 4.08. The van der Waals surface area contributed by atoms with Crippen LogP contribution in [-0.2, 0) is 80.5 Å². The largest absolute Gasteiger partial charge is 0.480 e. The van der Waals surface area contributed by atoms with Gasteiger partial charge in [0.1, 0.15) is 58.7 Å². The first-order valence-electron chi connectivity index (χ1n) is 32.4. The maximum Gasteiger partial charge on any atom is 0.415 e. The van der Waals surface area contributed by atoms with Gasteiger partial charge >= 0.3 is 36.3 Å². The number of amides is 6. The molecule has 32 nitrogen and oxygen atoms in total. The molecule has 8 rings (SSSR count). The Kier molecular flexibility index (Phi) is 27.9. The van der Waals surface area contributed by atoms with E-state index in [1.54, 1.807) is 52.0 Å². The molecular formula is C65H86N10O22S4. The number of sulfonamides is 2. The van der Waals surface area contributed by atoms with Crippen LogP contribution in [0.15, 0.2) is 107 Å². The van der Waals surface area contributed by atoms with E-state index in [9.17, 15) is 65.4 Å². The van der Waals surface area contributed by atoms with Crippen LogP contribution in [0.25, 0.3) is 0 Å². The number of aliphatic carboxylic acids is 2. The first kappa shape index (κ1) is 78.8. The molecule has 101 heavy (non-hydrogen) atoms. The van der Waals surface area contributed by atoms with Crippen LogP contribution in [0.5, 0.6) is 11.5 Å². The van der Waals surface area contributed by atoms with Crippen molar-refractivity contribution < 1.29 is 103 Å². The predicted molar refractivity (Wildman–Crippen MR) is 365 cm³/mol. The van der Waals surface area contributed by atoms with Gasteiger partial charge in [-0.2, -0.15) is 8.61 Å². The molecule has 4 aliphatic rings. The number of hydrogen-bond donors (Lipinski definition) is 4. The summed E-state index contributed by atoms with van der Waals surface area (Å²) in [6.07, 6.45) is 2.52. The number of carbonyl (C=O) groups is 8. The first-order chi connectivity index (χ1) is 48.0. The van der Waals surface area contributed by atoms with Gasteiger partial charge < -0.3 is 78.3 Å². The summed E-state index contributed by atoms with van der Waals surface area (Å²) in [7, 11) is -8.27. The number of benzene rings is 2. The smallest absolute Gasteiger partial charge is 0.415 e. The lowest BCUT2D eigenvalue weighted by Gasteiger charge is -2.33. The van der Waals surface area contributed by atoms with E-state index in [0.717, 1.165) is 8.61 Å². The number of ether oxygens (including phenoxy) is 8. The van der Waals surface area contributed by atoms with Crippen molar-refractivity contribution >= 4 is 91.7 Å². The number of carboxylic acids is 2. The fraction of sp³-hybridized carbons (Fsp3) is 0.538. The molecule has 4 saturated heterocycles.